The molecule has 1 aliphatic carbocycles. The van der Waals surface area contributed by atoms with Crippen LogP contribution in [0.5, 0.6) is 0 Å². The van der Waals surface area contributed by atoms with E-state index in [9.17, 15) is 9.59 Å². The van der Waals surface area contributed by atoms with Crippen molar-refractivity contribution in [1.29, 1.82) is 0 Å². The van der Waals surface area contributed by atoms with Gasteiger partial charge in [0.2, 0.25) is 5.91 Å². The zero-order valence-corrected chi connectivity index (χ0v) is 12.8. The third-order valence-corrected chi connectivity index (χ3v) is 4.32. The predicted octanol–water partition coefficient (Wildman–Crippen LogP) is 3.55. The van der Waals surface area contributed by atoms with Crippen molar-refractivity contribution in [3.05, 3.63) is 64.7 Å². The summed E-state index contributed by atoms with van der Waals surface area (Å²) in [5.74, 6) is 0.133. The van der Waals surface area contributed by atoms with Gasteiger partial charge in [0.15, 0.2) is 5.78 Å². The highest BCUT2D eigenvalue weighted by molar-refractivity contribution is 6.04. The van der Waals surface area contributed by atoms with Crippen molar-refractivity contribution < 1.29 is 9.59 Å². The highest BCUT2D eigenvalue weighted by atomic mass is 16.1. The smallest absolute Gasteiger partial charge is 0.221 e. The Labute approximate surface area is 130 Å². The van der Waals surface area contributed by atoms with Crippen LogP contribution in [-0.4, -0.2) is 11.7 Å². The van der Waals surface area contributed by atoms with Gasteiger partial charge in [-0.2, -0.15) is 0 Å². The molecule has 0 fully saturated rings. The molecule has 3 heteroatoms. The summed E-state index contributed by atoms with van der Waals surface area (Å²) in [6.45, 7) is 3.47. The standard InChI is InChI=1S/C19H19NO2/c1-12-17-11-15(10-14-6-4-3-5-7-14)19(22)16(17)8-9-18(12)20-13(2)21/h3-9,15H,10-11H2,1-2H3,(H,20,21). The minimum atomic E-state index is -0.0896. The Morgan fingerprint density at radius 2 is 1.91 bits per heavy atom. The van der Waals surface area contributed by atoms with Gasteiger partial charge < -0.3 is 5.32 Å². The van der Waals surface area contributed by atoms with Gasteiger partial charge in [-0.15, -0.1) is 0 Å². The highest BCUT2D eigenvalue weighted by Crippen LogP contribution is 2.34. The fourth-order valence-electron chi connectivity index (χ4n) is 3.20. The molecule has 2 aromatic carbocycles. The van der Waals surface area contributed by atoms with Crippen molar-refractivity contribution in [2.75, 3.05) is 5.32 Å². The highest BCUT2D eigenvalue weighted by Gasteiger charge is 2.32. The zero-order valence-electron chi connectivity index (χ0n) is 12.8. The van der Waals surface area contributed by atoms with Crippen molar-refractivity contribution in [3.63, 3.8) is 0 Å². The number of anilines is 1. The third-order valence-electron chi connectivity index (χ3n) is 4.32. The lowest BCUT2D eigenvalue weighted by molar-refractivity contribution is -0.114. The SMILES string of the molecule is CC(=O)Nc1ccc2c(c1C)CC(Cc1ccccc1)C2=O. The maximum absolute atomic E-state index is 12.6. The third kappa shape index (κ3) is 2.67. The first-order valence-electron chi connectivity index (χ1n) is 7.54. The average Bonchev–Trinajstić information content (AvgIpc) is 2.80. The molecule has 2 aromatic rings. The molecule has 0 aromatic heterocycles. The lowest BCUT2D eigenvalue weighted by atomic mass is 9.95. The minimum absolute atomic E-state index is 0.00341. The second kappa shape index (κ2) is 5.76. The fourth-order valence-corrected chi connectivity index (χ4v) is 3.20. The molecule has 112 valence electrons. The monoisotopic (exact) mass is 293 g/mol. The van der Waals surface area contributed by atoms with E-state index in [2.05, 4.69) is 17.4 Å². The second-order valence-corrected chi connectivity index (χ2v) is 5.90. The number of carbonyl (C=O) groups is 2. The largest absolute Gasteiger partial charge is 0.326 e. The van der Waals surface area contributed by atoms with Gasteiger partial charge in [-0.1, -0.05) is 30.3 Å². The molecule has 0 saturated carbocycles. The van der Waals surface area contributed by atoms with Crippen LogP contribution in [0.25, 0.3) is 0 Å². The summed E-state index contributed by atoms with van der Waals surface area (Å²) in [5.41, 5.74) is 4.90. The van der Waals surface area contributed by atoms with Crippen molar-refractivity contribution >= 4 is 17.4 Å². The topological polar surface area (TPSA) is 46.2 Å². The summed E-state index contributed by atoms with van der Waals surface area (Å²) in [6.07, 6.45) is 1.52. The summed E-state index contributed by atoms with van der Waals surface area (Å²) in [4.78, 5) is 23.9. The number of nitrogens with one attached hydrogen (secondary N) is 1. The van der Waals surface area contributed by atoms with Crippen LogP contribution in [0.4, 0.5) is 5.69 Å². The molecule has 1 N–H and O–H groups in total. The number of benzene rings is 2. The lowest BCUT2D eigenvalue weighted by Gasteiger charge is -2.10. The Balaban J connectivity index is 1.87. The van der Waals surface area contributed by atoms with Gasteiger partial charge >= 0.3 is 0 Å². The van der Waals surface area contributed by atoms with E-state index in [4.69, 9.17) is 0 Å². The molecule has 3 nitrogen and oxygen atoms in total. The van der Waals surface area contributed by atoms with Crippen LogP contribution in [0.3, 0.4) is 0 Å². The van der Waals surface area contributed by atoms with E-state index in [0.717, 1.165) is 35.2 Å². The second-order valence-electron chi connectivity index (χ2n) is 5.90. The fraction of sp³-hybridized carbons (Fsp3) is 0.263. The molecule has 3 rings (SSSR count). The van der Waals surface area contributed by atoms with E-state index >= 15 is 0 Å². The van der Waals surface area contributed by atoms with Gasteiger partial charge in [-0.3, -0.25) is 9.59 Å². The number of Topliss-reactive ketones (excluding diaryl/α,β-unsaturated/α-hetero) is 1. The molecule has 22 heavy (non-hydrogen) atoms. The van der Waals surface area contributed by atoms with E-state index < -0.39 is 0 Å². The molecule has 0 bridgehead atoms. The van der Waals surface area contributed by atoms with Crippen LogP contribution >= 0.6 is 0 Å². The Bertz CT molecular complexity index is 735. The van der Waals surface area contributed by atoms with Crippen molar-refractivity contribution in [2.24, 2.45) is 5.92 Å². The van der Waals surface area contributed by atoms with E-state index in [1.54, 1.807) is 0 Å². The van der Waals surface area contributed by atoms with Crippen LogP contribution in [-0.2, 0) is 17.6 Å². The van der Waals surface area contributed by atoms with Gasteiger partial charge in [0.05, 0.1) is 0 Å². The molecule has 0 spiro atoms. The zero-order chi connectivity index (χ0) is 15.7. The maximum Gasteiger partial charge on any atom is 0.221 e. The maximum atomic E-state index is 12.6. The number of fused-ring (bicyclic) bond motifs is 1. The first-order valence-corrected chi connectivity index (χ1v) is 7.54. The number of hydrogen-bond acceptors (Lipinski definition) is 2. The van der Waals surface area contributed by atoms with Crippen LogP contribution in [0, 0.1) is 12.8 Å². The minimum Gasteiger partial charge on any atom is -0.326 e. The Kier molecular flexibility index (Phi) is 3.80. The molecule has 0 heterocycles. The molecular formula is C19H19NO2. The molecular weight excluding hydrogens is 274 g/mol. The van der Waals surface area contributed by atoms with Crippen molar-refractivity contribution in [2.45, 2.75) is 26.7 Å². The van der Waals surface area contributed by atoms with E-state index in [1.165, 1.54) is 12.5 Å². The van der Waals surface area contributed by atoms with Crippen LogP contribution in [0.15, 0.2) is 42.5 Å². The molecule has 1 amide bonds. The number of carbonyl (C=O) groups excluding carboxylic acids is 2. The van der Waals surface area contributed by atoms with Gasteiger partial charge in [0, 0.05) is 24.1 Å². The molecule has 0 aliphatic heterocycles. The number of hydrogen-bond donors (Lipinski definition) is 1. The van der Waals surface area contributed by atoms with Gasteiger partial charge in [-0.05, 0) is 48.6 Å². The Morgan fingerprint density at radius 1 is 1.18 bits per heavy atom. The quantitative estimate of drug-likeness (QED) is 0.940. The van der Waals surface area contributed by atoms with E-state index in [0.29, 0.717) is 0 Å². The van der Waals surface area contributed by atoms with Gasteiger partial charge in [0.25, 0.3) is 0 Å². The van der Waals surface area contributed by atoms with Gasteiger partial charge in [-0.25, -0.2) is 0 Å². The summed E-state index contributed by atoms with van der Waals surface area (Å²) in [6, 6.07) is 13.8. The van der Waals surface area contributed by atoms with Crippen LogP contribution in [0.1, 0.15) is 34.0 Å². The molecule has 1 unspecified atom stereocenters. The van der Waals surface area contributed by atoms with E-state index in [1.807, 2.05) is 37.3 Å². The molecule has 0 saturated heterocycles. The summed E-state index contributed by atoms with van der Waals surface area (Å²) < 4.78 is 0. The van der Waals surface area contributed by atoms with Crippen LogP contribution in [0.2, 0.25) is 0 Å². The summed E-state index contributed by atoms with van der Waals surface area (Å²) in [7, 11) is 0. The van der Waals surface area contributed by atoms with Gasteiger partial charge in [0.1, 0.15) is 0 Å². The summed E-state index contributed by atoms with van der Waals surface area (Å²) in [5, 5.41) is 2.83. The summed E-state index contributed by atoms with van der Waals surface area (Å²) >= 11 is 0. The lowest BCUT2D eigenvalue weighted by Crippen LogP contribution is -2.12. The van der Waals surface area contributed by atoms with Crippen molar-refractivity contribution in [1.82, 2.24) is 0 Å². The molecule has 1 aliphatic rings. The average molecular weight is 293 g/mol. The van der Waals surface area contributed by atoms with Crippen LogP contribution < -0.4 is 5.32 Å². The molecule has 0 radical (unpaired) electrons. The predicted molar refractivity (Wildman–Crippen MR) is 87.2 cm³/mol. The molecule has 1 atom stereocenters. The normalized spacial score (nSPS) is 16.5. The first kappa shape index (κ1) is 14.5. The number of rotatable bonds is 3. The van der Waals surface area contributed by atoms with Crippen molar-refractivity contribution in [3.8, 4) is 0 Å². The first-order chi connectivity index (χ1) is 10.6. The number of amides is 1. The Hall–Kier alpha value is -2.42. The Morgan fingerprint density at radius 3 is 2.59 bits per heavy atom. The number of ketones is 1. The van der Waals surface area contributed by atoms with E-state index in [-0.39, 0.29) is 17.6 Å².